The number of nitrogens with one attached hydrogen (secondary N) is 2. The summed E-state index contributed by atoms with van der Waals surface area (Å²) in [4.78, 5) is 14.5. The Morgan fingerprint density at radius 1 is 1.42 bits per heavy atom. The molecule has 7 heteroatoms. The number of morpholine rings is 1. The number of aryl methyl sites for hydroxylation is 1. The SMILES string of the molecule is Cc1[nH]ncc1C(=O)N[C@H](C)c1cc(F)ccc1N1CCOCC1. The molecule has 0 saturated carbocycles. The van der Waals surface area contributed by atoms with Crippen LogP contribution in [0.2, 0.25) is 0 Å². The lowest BCUT2D eigenvalue weighted by Gasteiger charge is -2.32. The van der Waals surface area contributed by atoms with Crippen LogP contribution >= 0.6 is 0 Å². The molecular formula is C17H21FN4O2. The average molecular weight is 332 g/mol. The molecule has 1 saturated heterocycles. The van der Waals surface area contributed by atoms with Gasteiger partial charge in [0.2, 0.25) is 0 Å². The lowest BCUT2D eigenvalue weighted by molar-refractivity contribution is 0.0939. The smallest absolute Gasteiger partial charge is 0.255 e. The van der Waals surface area contributed by atoms with Crippen molar-refractivity contribution in [3.63, 3.8) is 0 Å². The molecule has 24 heavy (non-hydrogen) atoms. The van der Waals surface area contributed by atoms with Crippen LogP contribution in [0.3, 0.4) is 0 Å². The Bertz CT molecular complexity index is 725. The molecule has 1 aromatic heterocycles. The van der Waals surface area contributed by atoms with Crippen LogP contribution in [0.1, 0.15) is 34.6 Å². The molecule has 3 rings (SSSR count). The summed E-state index contributed by atoms with van der Waals surface area (Å²) in [5.41, 5.74) is 2.88. The summed E-state index contributed by atoms with van der Waals surface area (Å²) in [7, 11) is 0. The predicted molar refractivity (Wildman–Crippen MR) is 88.6 cm³/mol. The lowest BCUT2D eigenvalue weighted by atomic mass is 10.0. The van der Waals surface area contributed by atoms with E-state index in [1.54, 1.807) is 13.0 Å². The maximum absolute atomic E-state index is 13.8. The Labute approximate surface area is 140 Å². The number of anilines is 1. The van der Waals surface area contributed by atoms with Gasteiger partial charge >= 0.3 is 0 Å². The number of rotatable bonds is 4. The van der Waals surface area contributed by atoms with E-state index in [1.807, 2.05) is 6.92 Å². The second-order valence-electron chi connectivity index (χ2n) is 5.91. The number of benzene rings is 1. The van der Waals surface area contributed by atoms with Gasteiger partial charge < -0.3 is 15.0 Å². The zero-order valence-corrected chi connectivity index (χ0v) is 13.8. The number of carbonyl (C=O) groups excluding carboxylic acids is 1. The highest BCUT2D eigenvalue weighted by molar-refractivity contribution is 5.95. The fourth-order valence-electron chi connectivity index (χ4n) is 2.90. The number of H-pyrrole nitrogens is 1. The summed E-state index contributed by atoms with van der Waals surface area (Å²) in [6.07, 6.45) is 1.49. The van der Waals surface area contributed by atoms with Crippen molar-refractivity contribution in [3.05, 3.63) is 47.0 Å². The molecule has 1 fully saturated rings. The Morgan fingerprint density at radius 3 is 2.83 bits per heavy atom. The molecule has 0 spiro atoms. The van der Waals surface area contributed by atoms with E-state index >= 15 is 0 Å². The molecule has 0 aliphatic carbocycles. The van der Waals surface area contributed by atoms with Crippen molar-refractivity contribution in [2.45, 2.75) is 19.9 Å². The minimum Gasteiger partial charge on any atom is -0.378 e. The number of ether oxygens (including phenoxy) is 1. The van der Waals surface area contributed by atoms with Gasteiger partial charge in [-0.1, -0.05) is 0 Å². The van der Waals surface area contributed by atoms with E-state index in [9.17, 15) is 9.18 Å². The van der Waals surface area contributed by atoms with Crippen molar-refractivity contribution >= 4 is 11.6 Å². The number of aromatic nitrogens is 2. The van der Waals surface area contributed by atoms with Gasteiger partial charge in [-0.15, -0.1) is 0 Å². The number of hydrogen-bond acceptors (Lipinski definition) is 4. The molecule has 2 N–H and O–H groups in total. The van der Waals surface area contributed by atoms with Crippen LogP contribution in [0.25, 0.3) is 0 Å². The first kappa shape index (κ1) is 16.4. The maximum Gasteiger partial charge on any atom is 0.255 e. The molecule has 1 aliphatic heterocycles. The molecule has 1 atom stereocenters. The van der Waals surface area contributed by atoms with Crippen molar-refractivity contribution in [2.24, 2.45) is 0 Å². The van der Waals surface area contributed by atoms with Gasteiger partial charge in [-0.2, -0.15) is 5.10 Å². The first-order chi connectivity index (χ1) is 11.6. The van der Waals surface area contributed by atoms with Gasteiger partial charge in [-0.05, 0) is 32.0 Å². The summed E-state index contributed by atoms with van der Waals surface area (Å²) in [6, 6.07) is 4.36. The molecule has 0 radical (unpaired) electrons. The van der Waals surface area contributed by atoms with Gasteiger partial charge in [-0.3, -0.25) is 9.89 Å². The molecule has 1 amide bonds. The molecule has 2 aromatic rings. The van der Waals surface area contributed by atoms with Crippen LogP contribution in [-0.2, 0) is 4.74 Å². The van der Waals surface area contributed by atoms with Gasteiger partial charge in [0.15, 0.2) is 0 Å². The number of aromatic amines is 1. The summed E-state index contributed by atoms with van der Waals surface area (Å²) in [6.45, 7) is 6.43. The fourth-order valence-corrected chi connectivity index (χ4v) is 2.90. The molecule has 6 nitrogen and oxygen atoms in total. The zero-order valence-electron chi connectivity index (χ0n) is 13.8. The van der Waals surface area contributed by atoms with E-state index in [2.05, 4.69) is 20.4 Å². The molecule has 1 aliphatic rings. The third-order valence-corrected chi connectivity index (χ3v) is 4.23. The van der Waals surface area contributed by atoms with Gasteiger partial charge in [0.05, 0.1) is 31.0 Å². The van der Waals surface area contributed by atoms with Gasteiger partial charge in [0, 0.05) is 30.0 Å². The minimum absolute atomic E-state index is 0.231. The molecule has 1 aromatic carbocycles. The number of nitrogens with zero attached hydrogens (tertiary/aromatic N) is 2. The van der Waals surface area contributed by atoms with Crippen molar-refractivity contribution in [1.29, 1.82) is 0 Å². The topological polar surface area (TPSA) is 70.2 Å². The monoisotopic (exact) mass is 332 g/mol. The maximum atomic E-state index is 13.8. The third-order valence-electron chi connectivity index (χ3n) is 4.23. The van der Waals surface area contributed by atoms with E-state index in [1.165, 1.54) is 18.3 Å². The summed E-state index contributed by atoms with van der Waals surface area (Å²) in [5.74, 6) is -0.548. The van der Waals surface area contributed by atoms with Crippen LogP contribution < -0.4 is 10.2 Å². The van der Waals surface area contributed by atoms with Crippen molar-refractivity contribution in [1.82, 2.24) is 15.5 Å². The second-order valence-corrected chi connectivity index (χ2v) is 5.91. The second kappa shape index (κ2) is 7.00. The molecular weight excluding hydrogens is 311 g/mol. The van der Waals surface area contributed by atoms with Crippen molar-refractivity contribution in [3.8, 4) is 0 Å². The number of carbonyl (C=O) groups is 1. The van der Waals surface area contributed by atoms with E-state index in [0.717, 1.165) is 24.3 Å². The van der Waals surface area contributed by atoms with Crippen LogP contribution in [0, 0.1) is 12.7 Å². The molecule has 128 valence electrons. The standard InChI is InChI=1S/C17H21FN4O2/c1-11(20-17(23)15-10-19-21-12(15)2)14-9-13(18)3-4-16(14)22-5-7-24-8-6-22/h3-4,9-11H,5-8H2,1-2H3,(H,19,21)(H,20,23)/t11-/m1/s1. The largest absolute Gasteiger partial charge is 0.378 e. The average Bonchev–Trinajstić information content (AvgIpc) is 3.01. The lowest BCUT2D eigenvalue weighted by Crippen LogP contribution is -2.37. The van der Waals surface area contributed by atoms with Crippen molar-refractivity contribution < 1.29 is 13.9 Å². The van der Waals surface area contributed by atoms with Crippen LogP contribution in [0.15, 0.2) is 24.4 Å². The van der Waals surface area contributed by atoms with Crippen LogP contribution in [-0.4, -0.2) is 42.4 Å². The third kappa shape index (κ3) is 3.41. The van der Waals surface area contributed by atoms with E-state index in [0.29, 0.717) is 24.5 Å². The molecule has 2 heterocycles. The van der Waals surface area contributed by atoms with Gasteiger partial charge in [0.1, 0.15) is 5.82 Å². The highest BCUT2D eigenvalue weighted by atomic mass is 19.1. The molecule has 0 unspecified atom stereocenters. The number of hydrogen-bond donors (Lipinski definition) is 2. The Kier molecular flexibility index (Phi) is 4.80. The van der Waals surface area contributed by atoms with Gasteiger partial charge in [0.25, 0.3) is 5.91 Å². The van der Waals surface area contributed by atoms with E-state index in [-0.39, 0.29) is 17.8 Å². The summed E-state index contributed by atoms with van der Waals surface area (Å²) < 4.78 is 19.2. The summed E-state index contributed by atoms with van der Waals surface area (Å²) >= 11 is 0. The Balaban J connectivity index is 1.83. The fraction of sp³-hybridized carbons (Fsp3) is 0.412. The van der Waals surface area contributed by atoms with E-state index < -0.39 is 0 Å². The number of halogens is 1. The Hall–Kier alpha value is -2.41. The highest BCUT2D eigenvalue weighted by Gasteiger charge is 2.21. The quantitative estimate of drug-likeness (QED) is 0.900. The number of amides is 1. The first-order valence-electron chi connectivity index (χ1n) is 7.99. The van der Waals surface area contributed by atoms with Crippen LogP contribution in [0.5, 0.6) is 0 Å². The van der Waals surface area contributed by atoms with Gasteiger partial charge in [-0.25, -0.2) is 4.39 Å². The first-order valence-corrected chi connectivity index (χ1v) is 7.99. The molecule has 0 bridgehead atoms. The van der Waals surface area contributed by atoms with Crippen LogP contribution in [0.4, 0.5) is 10.1 Å². The highest BCUT2D eigenvalue weighted by Crippen LogP contribution is 2.28. The van der Waals surface area contributed by atoms with Crippen molar-refractivity contribution in [2.75, 3.05) is 31.2 Å². The Morgan fingerprint density at radius 2 is 2.17 bits per heavy atom. The predicted octanol–water partition coefficient (Wildman–Crippen LogP) is 2.18. The summed E-state index contributed by atoms with van der Waals surface area (Å²) in [5, 5.41) is 9.52. The normalized spacial score (nSPS) is 16.0. The zero-order chi connectivity index (χ0) is 17.1. The van der Waals surface area contributed by atoms with E-state index in [4.69, 9.17) is 4.74 Å². The minimum atomic E-state index is -0.333.